The van der Waals surface area contributed by atoms with Gasteiger partial charge in [-0.1, -0.05) is 12.1 Å². The number of hydrogen-bond acceptors (Lipinski definition) is 1. The van der Waals surface area contributed by atoms with Gasteiger partial charge in [-0.15, -0.1) is 0 Å². The predicted octanol–water partition coefficient (Wildman–Crippen LogP) is 3.31. The van der Waals surface area contributed by atoms with E-state index in [1.54, 1.807) is 30.3 Å². The Kier molecular flexibility index (Phi) is 2.63. The van der Waals surface area contributed by atoms with Gasteiger partial charge in [0.25, 0.3) is 5.52 Å². The van der Waals surface area contributed by atoms with Gasteiger partial charge in [0.2, 0.25) is 6.20 Å². The molecule has 0 unspecified atom stereocenters. The van der Waals surface area contributed by atoms with Crippen LogP contribution in [0.1, 0.15) is 0 Å². The second-order valence-corrected chi connectivity index (χ2v) is 4.22. The highest BCUT2D eigenvalue weighted by Gasteiger charge is 2.14. The van der Waals surface area contributed by atoms with Crippen molar-refractivity contribution in [1.29, 1.82) is 0 Å². The van der Waals surface area contributed by atoms with Gasteiger partial charge >= 0.3 is 0 Å². The van der Waals surface area contributed by atoms with E-state index >= 15 is 0 Å². The Morgan fingerprint density at radius 3 is 2.53 bits per heavy atom. The lowest BCUT2D eigenvalue weighted by Crippen LogP contribution is -2.29. The summed E-state index contributed by atoms with van der Waals surface area (Å²) in [5.41, 5.74) is 1.47. The van der Waals surface area contributed by atoms with Crippen molar-refractivity contribution in [3.63, 3.8) is 0 Å². The van der Waals surface area contributed by atoms with Crippen LogP contribution in [-0.2, 0) is 0 Å². The van der Waals surface area contributed by atoms with Gasteiger partial charge in [0.1, 0.15) is 11.6 Å². The third-order valence-corrected chi connectivity index (χ3v) is 3.04. The summed E-state index contributed by atoms with van der Waals surface area (Å²) in [6.45, 7) is 0. The lowest BCUT2D eigenvalue weighted by molar-refractivity contribution is -0.884. The van der Waals surface area contributed by atoms with Gasteiger partial charge in [-0.2, -0.15) is 0 Å². The molecule has 3 rings (SSSR count). The number of nitrogens with zero attached hydrogens (tertiary/aromatic N) is 1. The maximum Gasteiger partial charge on any atom is 0.265 e. The molecule has 1 N–H and O–H groups in total. The van der Waals surface area contributed by atoms with Gasteiger partial charge in [-0.05, 0) is 23.8 Å². The summed E-state index contributed by atoms with van der Waals surface area (Å²) in [7, 11) is 0. The molecule has 0 aliphatic carbocycles. The van der Waals surface area contributed by atoms with E-state index in [1.165, 1.54) is 18.3 Å². The fraction of sp³-hybridized carbons (Fsp3) is 0. The van der Waals surface area contributed by atoms with Gasteiger partial charge in [-0.3, -0.25) is 5.21 Å². The maximum absolute atomic E-state index is 13.9. The van der Waals surface area contributed by atoms with Crippen LogP contribution < -0.4 is 4.73 Å². The second-order valence-electron chi connectivity index (χ2n) is 4.22. The number of pyridine rings is 1. The van der Waals surface area contributed by atoms with E-state index in [2.05, 4.69) is 0 Å². The number of aromatic nitrogens is 1. The molecule has 0 atom stereocenters. The van der Waals surface area contributed by atoms with Crippen molar-refractivity contribution in [3.8, 4) is 11.1 Å². The summed E-state index contributed by atoms with van der Waals surface area (Å²) >= 11 is 0. The van der Waals surface area contributed by atoms with Crippen LogP contribution in [0.5, 0.6) is 0 Å². The summed E-state index contributed by atoms with van der Waals surface area (Å²) in [5.74, 6) is -1.24. The molecule has 0 bridgehead atoms. The van der Waals surface area contributed by atoms with Gasteiger partial charge in [0, 0.05) is 28.5 Å². The number of benzene rings is 2. The zero-order valence-electron chi connectivity index (χ0n) is 9.85. The van der Waals surface area contributed by atoms with Gasteiger partial charge < -0.3 is 0 Å². The van der Waals surface area contributed by atoms with Crippen LogP contribution in [0.4, 0.5) is 8.78 Å². The van der Waals surface area contributed by atoms with Crippen LogP contribution in [0.15, 0.2) is 54.7 Å². The molecule has 0 aliphatic heterocycles. The molecule has 0 amide bonds. The molecule has 0 aliphatic rings. The predicted molar refractivity (Wildman–Crippen MR) is 66.7 cm³/mol. The highest BCUT2D eigenvalue weighted by molar-refractivity contribution is 5.93. The van der Waals surface area contributed by atoms with Crippen LogP contribution in [-0.4, -0.2) is 5.21 Å². The summed E-state index contributed by atoms with van der Waals surface area (Å²) in [6, 6.07) is 12.1. The molecule has 19 heavy (non-hydrogen) atoms. The minimum absolute atomic E-state index is 0.304. The second kappa shape index (κ2) is 4.31. The molecular weight excluding hydrogens is 248 g/mol. The average molecular weight is 258 g/mol. The highest BCUT2D eigenvalue weighted by atomic mass is 19.1. The van der Waals surface area contributed by atoms with Crippen molar-refractivity contribution >= 4 is 10.9 Å². The van der Waals surface area contributed by atoms with Gasteiger partial charge in [0.05, 0.1) is 5.39 Å². The number of hydrogen-bond donors (Lipinski definition) is 1. The van der Waals surface area contributed by atoms with Crippen LogP contribution in [0, 0.1) is 11.6 Å². The van der Waals surface area contributed by atoms with Crippen molar-refractivity contribution < 1.29 is 18.7 Å². The lowest BCUT2D eigenvalue weighted by Gasteiger charge is -2.05. The Morgan fingerprint density at radius 1 is 0.895 bits per heavy atom. The van der Waals surface area contributed by atoms with Crippen LogP contribution in [0.3, 0.4) is 0 Å². The molecule has 1 heterocycles. The lowest BCUT2D eigenvalue weighted by atomic mass is 10.00. The van der Waals surface area contributed by atoms with Crippen molar-refractivity contribution in [2.24, 2.45) is 0 Å². The van der Waals surface area contributed by atoms with E-state index in [9.17, 15) is 14.0 Å². The number of halogens is 2. The van der Waals surface area contributed by atoms with Crippen molar-refractivity contribution in [3.05, 3.63) is 66.4 Å². The zero-order chi connectivity index (χ0) is 13.4. The fourth-order valence-corrected chi connectivity index (χ4v) is 2.17. The summed E-state index contributed by atoms with van der Waals surface area (Å²) < 4.78 is 27.8. The minimum Gasteiger partial charge on any atom is -0.285 e. The molecular formula is C15H10F2NO+. The van der Waals surface area contributed by atoms with Gasteiger partial charge in [-0.25, -0.2) is 8.78 Å². The number of rotatable bonds is 1. The van der Waals surface area contributed by atoms with Crippen molar-refractivity contribution in [1.82, 2.24) is 0 Å². The fourth-order valence-electron chi connectivity index (χ4n) is 2.17. The molecule has 0 fully saturated rings. The normalized spacial score (nSPS) is 10.8. The largest absolute Gasteiger partial charge is 0.285 e. The quantitative estimate of drug-likeness (QED) is 0.525. The highest BCUT2D eigenvalue weighted by Crippen LogP contribution is 2.29. The Morgan fingerprint density at radius 2 is 1.74 bits per heavy atom. The first-order valence-electron chi connectivity index (χ1n) is 5.75. The first-order chi connectivity index (χ1) is 9.16. The zero-order valence-corrected chi connectivity index (χ0v) is 9.85. The summed E-state index contributed by atoms with van der Waals surface area (Å²) in [5, 5.41) is 10.4. The SMILES string of the molecule is O[n+]1cccc2c(-c3ccc(F)cc3F)cccc21. The molecule has 0 saturated carbocycles. The molecule has 3 aromatic rings. The smallest absolute Gasteiger partial charge is 0.265 e. The third kappa shape index (κ3) is 1.91. The van der Waals surface area contributed by atoms with Crippen LogP contribution in [0.2, 0.25) is 0 Å². The molecule has 2 aromatic carbocycles. The first kappa shape index (κ1) is 11.6. The van der Waals surface area contributed by atoms with E-state index in [-0.39, 0.29) is 0 Å². The van der Waals surface area contributed by atoms with E-state index < -0.39 is 11.6 Å². The molecule has 1 aromatic heterocycles. The Balaban J connectivity index is 2.34. The Hall–Kier alpha value is -2.49. The van der Waals surface area contributed by atoms with Gasteiger partial charge in [0.15, 0.2) is 0 Å². The topological polar surface area (TPSA) is 24.1 Å². The molecule has 0 radical (unpaired) electrons. The summed E-state index contributed by atoms with van der Waals surface area (Å²) in [6.07, 6.45) is 1.49. The average Bonchev–Trinajstić information content (AvgIpc) is 2.39. The molecule has 0 saturated heterocycles. The summed E-state index contributed by atoms with van der Waals surface area (Å²) in [4.78, 5) is 0. The van der Waals surface area contributed by atoms with Crippen LogP contribution in [0.25, 0.3) is 22.0 Å². The first-order valence-corrected chi connectivity index (χ1v) is 5.75. The van der Waals surface area contributed by atoms with E-state index in [0.717, 1.165) is 10.8 Å². The third-order valence-electron chi connectivity index (χ3n) is 3.04. The van der Waals surface area contributed by atoms with E-state index in [4.69, 9.17) is 0 Å². The monoisotopic (exact) mass is 258 g/mol. The Labute approximate surface area is 108 Å². The molecule has 4 heteroatoms. The standard InChI is InChI=1S/C15H10F2NO/c16-10-6-7-12(14(17)9-10)11-3-1-5-15-13(11)4-2-8-18(15)19/h1-9,19H/q+1. The van der Waals surface area contributed by atoms with E-state index in [0.29, 0.717) is 22.0 Å². The maximum atomic E-state index is 13.9. The van der Waals surface area contributed by atoms with Crippen LogP contribution >= 0.6 is 0 Å². The Bertz CT molecular complexity index is 771. The minimum atomic E-state index is -0.624. The molecule has 0 spiro atoms. The van der Waals surface area contributed by atoms with E-state index in [1.807, 2.05) is 0 Å². The van der Waals surface area contributed by atoms with Crippen molar-refractivity contribution in [2.75, 3.05) is 0 Å². The number of fused-ring (bicyclic) bond motifs is 1. The van der Waals surface area contributed by atoms with Crippen molar-refractivity contribution in [2.45, 2.75) is 0 Å². The molecule has 2 nitrogen and oxygen atoms in total. The molecule has 94 valence electrons.